The molecule has 2 heterocycles. The van der Waals surface area contributed by atoms with Crippen molar-refractivity contribution in [3.63, 3.8) is 0 Å². The summed E-state index contributed by atoms with van der Waals surface area (Å²) in [6.45, 7) is 3.73. The van der Waals surface area contributed by atoms with Crippen LogP contribution in [0.5, 0.6) is 11.5 Å². The molecule has 1 N–H and O–H groups in total. The number of carbonyl (C=O) groups excluding carboxylic acids is 1. The smallest absolute Gasteiger partial charge is 0.271 e. The molecule has 1 aliphatic rings. The van der Waals surface area contributed by atoms with Crippen LogP contribution in [0.25, 0.3) is 12.2 Å². The number of rotatable bonds is 7. The Morgan fingerprint density at radius 2 is 1.70 bits per heavy atom. The van der Waals surface area contributed by atoms with Crippen LogP contribution in [0.4, 0.5) is 5.69 Å². The maximum Gasteiger partial charge on any atom is 0.271 e. The van der Waals surface area contributed by atoms with Crippen LogP contribution in [0.1, 0.15) is 29.7 Å². The maximum atomic E-state index is 13.8. The van der Waals surface area contributed by atoms with Gasteiger partial charge >= 0.3 is 0 Å². The van der Waals surface area contributed by atoms with Crippen LogP contribution in [0.3, 0.4) is 0 Å². The third-order valence-corrected chi connectivity index (χ3v) is 7.72. The molecule has 0 radical (unpaired) electrons. The lowest BCUT2D eigenvalue weighted by Crippen LogP contribution is -2.40. The number of fused-ring (bicyclic) bond motifs is 1. The van der Waals surface area contributed by atoms with E-state index in [2.05, 4.69) is 5.32 Å². The molecule has 0 bridgehead atoms. The van der Waals surface area contributed by atoms with Gasteiger partial charge in [-0.2, -0.15) is 0 Å². The Labute approximate surface area is 236 Å². The fraction of sp³-hybridized carbons (Fsp3) is 0.156. The monoisotopic (exact) mass is 551 g/mol. The van der Waals surface area contributed by atoms with Crippen LogP contribution in [0.2, 0.25) is 0 Å². The molecule has 0 saturated carbocycles. The minimum atomic E-state index is -0.722. The molecule has 1 amide bonds. The van der Waals surface area contributed by atoms with Gasteiger partial charge in [0.2, 0.25) is 0 Å². The van der Waals surface area contributed by atoms with Gasteiger partial charge in [-0.3, -0.25) is 14.2 Å². The van der Waals surface area contributed by atoms with Crippen molar-refractivity contribution >= 4 is 35.1 Å². The zero-order valence-electron chi connectivity index (χ0n) is 22.7. The molecule has 5 rings (SSSR count). The molecule has 1 aromatic heterocycles. The van der Waals surface area contributed by atoms with Crippen molar-refractivity contribution in [1.29, 1.82) is 0 Å². The Balaban J connectivity index is 1.65. The van der Waals surface area contributed by atoms with Crippen LogP contribution in [0.15, 0.2) is 99.9 Å². The fourth-order valence-corrected chi connectivity index (χ4v) is 5.68. The molecule has 0 aliphatic carbocycles. The van der Waals surface area contributed by atoms with Crippen molar-refractivity contribution in [2.45, 2.75) is 19.9 Å². The summed E-state index contributed by atoms with van der Waals surface area (Å²) in [5, 5.41) is 3.03. The van der Waals surface area contributed by atoms with Gasteiger partial charge in [-0.05, 0) is 54.8 Å². The van der Waals surface area contributed by atoms with Crippen LogP contribution in [-0.2, 0) is 4.79 Å². The van der Waals surface area contributed by atoms with E-state index in [0.717, 1.165) is 11.1 Å². The summed E-state index contributed by atoms with van der Waals surface area (Å²) in [4.78, 5) is 32.9. The fourth-order valence-electron chi connectivity index (χ4n) is 4.68. The molecule has 0 spiro atoms. The Bertz CT molecular complexity index is 1820. The number of carbonyl (C=O) groups is 1. The number of anilines is 1. The van der Waals surface area contributed by atoms with Gasteiger partial charge < -0.3 is 14.8 Å². The number of benzene rings is 3. The molecule has 202 valence electrons. The van der Waals surface area contributed by atoms with E-state index in [4.69, 9.17) is 14.5 Å². The topological polar surface area (TPSA) is 81.9 Å². The molecule has 0 unspecified atom stereocenters. The van der Waals surface area contributed by atoms with E-state index < -0.39 is 6.04 Å². The third-order valence-electron chi connectivity index (χ3n) is 6.72. The lowest BCUT2D eigenvalue weighted by molar-refractivity contribution is -0.113. The summed E-state index contributed by atoms with van der Waals surface area (Å²) in [6.07, 6.45) is 5.58. The van der Waals surface area contributed by atoms with Gasteiger partial charge in [0.05, 0.1) is 36.1 Å². The molecule has 4 aromatic rings. The number of nitrogens with one attached hydrogen (secondary N) is 1. The van der Waals surface area contributed by atoms with E-state index in [0.29, 0.717) is 43.4 Å². The van der Waals surface area contributed by atoms with Crippen LogP contribution in [-0.4, -0.2) is 24.7 Å². The third kappa shape index (κ3) is 5.26. The Kier molecular flexibility index (Phi) is 7.79. The van der Waals surface area contributed by atoms with Crippen molar-refractivity contribution in [3.8, 4) is 11.5 Å². The molecule has 8 heteroatoms. The van der Waals surface area contributed by atoms with Gasteiger partial charge in [-0.1, -0.05) is 78.1 Å². The number of nitrogens with zero attached hydrogens (tertiary/aromatic N) is 2. The number of allylic oxidation sites excluding steroid dienone is 2. The second-order valence-corrected chi connectivity index (χ2v) is 10.3. The second kappa shape index (κ2) is 11.6. The van der Waals surface area contributed by atoms with Crippen molar-refractivity contribution in [1.82, 2.24) is 4.57 Å². The van der Waals surface area contributed by atoms with Crippen molar-refractivity contribution in [2.24, 2.45) is 4.99 Å². The predicted octanol–water partition coefficient (Wildman–Crippen LogP) is 4.86. The van der Waals surface area contributed by atoms with E-state index in [9.17, 15) is 9.59 Å². The standard InChI is InChI=1S/C32H29N3O4S/c1-20-11-8-9-15-24(20)34-30(36)28-21(2)33-32-35(29(28)23-17-18-25(38-3)26(19-23)39-4)31(37)27(40-32)16-10-14-22-12-6-5-7-13-22/h5-19,29H,1-4H3,(H,34,36)/b14-10-,27-16+/t29-/m1/s1. The number of methoxy groups -OCH3 is 2. The summed E-state index contributed by atoms with van der Waals surface area (Å²) in [7, 11) is 3.12. The SMILES string of the molecule is COc1ccc([C@@H]2C(C(=O)Nc3ccccc3C)=C(C)N=c3s/c(=C/C=C\c4ccccc4)c(=O)n32)cc1OC. The minimum absolute atomic E-state index is 0.227. The highest BCUT2D eigenvalue weighted by Crippen LogP contribution is 2.36. The lowest BCUT2D eigenvalue weighted by atomic mass is 9.94. The summed E-state index contributed by atoms with van der Waals surface area (Å²) in [6, 6.07) is 22.1. The average molecular weight is 552 g/mol. The van der Waals surface area contributed by atoms with Crippen molar-refractivity contribution in [2.75, 3.05) is 19.5 Å². The molecule has 0 fully saturated rings. The maximum absolute atomic E-state index is 13.8. The Morgan fingerprint density at radius 3 is 2.42 bits per heavy atom. The first-order valence-corrected chi connectivity index (χ1v) is 13.6. The average Bonchev–Trinajstić information content (AvgIpc) is 3.27. The van der Waals surface area contributed by atoms with Gasteiger partial charge in [0.25, 0.3) is 11.5 Å². The molecule has 40 heavy (non-hydrogen) atoms. The largest absolute Gasteiger partial charge is 0.493 e. The van der Waals surface area contributed by atoms with Crippen LogP contribution < -0.4 is 29.7 Å². The van der Waals surface area contributed by atoms with E-state index >= 15 is 0 Å². The number of thiazole rings is 1. The van der Waals surface area contributed by atoms with Crippen LogP contribution in [0, 0.1) is 6.92 Å². The van der Waals surface area contributed by atoms with E-state index in [1.165, 1.54) is 11.3 Å². The first-order chi connectivity index (χ1) is 19.4. The molecule has 3 aromatic carbocycles. The van der Waals surface area contributed by atoms with E-state index in [-0.39, 0.29) is 11.5 Å². The van der Waals surface area contributed by atoms with Gasteiger partial charge in [0.15, 0.2) is 16.3 Å². The first kappa shape index (κ1) is 26.9. The number of para-hydroxylation sites is 1. The summed E-state index contributed by atoms with van der Waals surface area (Å²) >= 11 is 1.29. The number of hydrogen-bond acceptors (Lipinski definition) is 6. The minimum Gasteiger partial charge on any atom is -0.493 e. The van der Waals surface area contributed by atoms with E-state index in [1.807, 2.05) is 79.7 Å². The number of aryl methyl sites for hydroxylation is 1. The zero-order valence-corrected chi connectivity index (χ0v) is 23.5. The highest BCUT2D eigenvalue weighted by molar-refractivity contribution is 7.07. The van der Waals surface area contributed by atoms with Gasteiger partial charge in [-0.15, -0.1) is 0 Å². The predicted molar refractivity (Wildman–Crippen MR) is 159 cm³/mol. The van der Waals surface area contributed by atoms with Crippen molar-refractivity contribution < 1.29 is 14.3 Å². The molecule has 7 nitrogen and oxygen atoms in total. The van der Waals surface area contributed by atoms with Crippen molar-refractivity contribution in [3.05, 3.63) is 127 Å². The number of amides is 1. The first-order valence-electron chi connectivity index (χ1n) is 12.7. The summed E-state index contributed by atoms with van der Waals surface area (Å²) in [5.74, 6) is 0.728. The molecule has 0 saturated heterocycles. The molecule has 1 aliphatic heterocycles. The quantitative estimate of drug-likeness (QED) is 0.356. The number of hydrogen-bond donors (Lipinski definition) is 1. The molecule has 1 atom stereocenters. The number of ether oxygens (including phenoxy) is 2. The highest BCUT2D eigenvalue weighted by atomic mass is 32.1. The summed E-state index contributed by atoms with van der Waals surface area (Å²) in [5.41, 5.74) is 4.06. The normalized spacial score (nSPS) is 15.1. The zero-order chi connectivity index (χ0) is 28.2. The highest BCUT2D eigenvalue weighted by Gasteiger charge is 2.33. The lowest BCUT2D eigenvalue weighted by Gasteiger charge is -2.26. The second-order valence-electron chi connectivity index (χ2n) is 9.26. The number of aromatic nitrogens is 1. The van der Waals surface area contributed by atoms with Gasteiger partial charge in [0, 0.05) is 5.69 Å². The molecular formula is C32H29N3O4S. The van der Waals surface area contributed by atoms with Gasteiger partial charge in [0.1, 0.15) is 0 Å². The summed E-state index contributed by atoms with van der Waals surface area (Å²) < 4.78 is 13.1. The van der Waals surface area contributed by atoms with E-state index in [1.54, 1.807) is 43.9 Å². The Hall–Kier alpha value is -4.69. The van der Waals surface area contributed by atoms with Gasteiger partial charge in [-0.25, -0.2) is 4.99 Å². The Morgan fingerprint density at radius 1 is 0.975 bits per heavy atom. The molecular weight excluding hydrogens is 522 g/mol. The van der Waals surface area contributed by atoms with Crippen LogP contribution >= 0.6 is 11.3 Å².